The molecule has 0 rings (SSSR count). The van der Waals surface area contributed by atoms with Crippen LogP contribution in [0.25, 0.3) is 0 Å². The summed E-state index contributed by atoms with van der Waals surface area (Å²) in [5.41, 5.74) is 5.33. The van der Waals surface area contributed by atoms with E-state index in [1.165, 1.54) is 19.3 Å². The largest absolute Gasteiger partial charge is 0.472 e. The molecule has 0 aromatic rings. The number of rotatable bonds is 36. The average Bonchev–Trinajstić information content (AvgIpc) is 3.13. The molecule has 0 radical (unpaired) electrons. The van der Waals surface area contributed by atoms with Crippen LogP contribution in [0.4, 0.5) is 0 Å². The summed E-state index contributed by atoms with van der Waals surface area (Å²) in [6.45, 7) is 3.54. The molecule has 0 heterocycles. The van der Waals surface area contributed by atoms with Crippen molar-refractivity contribution in [3.8, 4) is 0 Å². The number of hydrogen-bond acceptors (Lipinski definition) is 8. The molecule has 52 heavy (non-hydrogen) atoms. The Kier molecular flexibility index (Phi) is 36.3. The van der Waals surface area contributed by atoms with Crippen molar-refractivity contribution in [2.45, 2.75) is 155 Å². The first-order valence-corrected chi connectivity index (χ1v) is 21.4. The monoisotopic (exact) mass is 749 g/mol. The first-order chi connectivity index (χ1) is 25.3. The van der Waals surface area contributed by atoms with E-state index in [1.54, 1.807) is 0 Å². The number of ether oxygens (including phenoxy) is 2. The summed E-state index contributed by atoms with van der Waals surface area (Å²) in [4.78, 5) is 34.8. The van der Waals surface area contributed by atoms with E-state index in [1.807, 2.05) is 0 Å². The van der Waals surface area contributed by atoms with Crippen molar-refractivity contribution < 1.29 is 37.6 Å². The number of hydrogen-bond donors (Lipinski definition) is 2. The van der Waals surface area contributed by atoms with E-state index in [4.69, 9.17) is 24.3 Å². The van der Waals surface area contributed by atoms with Crippen LogP contribution < -0.4 is 5.73 Å². The lowest BCUT2D eigenvalue weighted by Gasteiger charge is -2.19. The summed E-state index contributed by atoms with van der Waals surface area (Å²) in [7, 11) is -4.39. The Labute approximate surface area is 316 Å². The van der Waals surface area contributed by atoms with Gasteiger partial charge in [0.05, 0.1) is 13.2 Å². The Bertz CT molecular complexity index is 1080. The number of carbonyl (C=O) groups excluding carboxylic acids is 2. The van der Waals surface area contributed by atoms with Gasteiger partial charge in [-0.25, -0.2) is 4.57 Å². The van der Waals surface area contributed by atoms with E-state index in [0.717, 1.165) is 89.9 Å². The highest BCUT2D eigenvalue weighted by Gasteiger charge is 2.25. The summed E-state index contributed by atoms with van der Waals surface area (Å²) >= 11 is 0. The first-order valence-electron chi connectivity index (χ1n) is 19.9. The normalized spacial score (nSPS) is 14.2. The Morgan fingerprint density at radius 2 is 1.04 bits per heavy atom. The van der Waals surface area contributed by atoms with Crippen molar-refractivity contribution in [2.75, 3.05) is 26.4 Å². The number of phosphoric ester groups is 1. The van der Waals surface area contributed by atoms with Crippen molar-refractivity contribution >= 4 is 19.8 Å². The summed E-state index contributed by atoms with van der Waals surface area (Å²) < 4.78 is 32.6. The molecule has 2 atom stereocenters. The third-order valence-electron chi connectivity index (χ3n) is 7.80. The average molecular weight is 750 g/mol. The van der Waals surface area contributed by atoms with Gasteiger partial charge >= 0.3 is 19.8 Å². The van der Waals surface area contributed by atoms with Crippen LogP contribution in [-0.4, -0.2) is 49.3 Å². The van der Waals surface area contributed by atoms with Crippen LogP contribution in [0.3, 0.4) is 0 Å². The highest BCUT2D eigenvalue weighted by Crippen LogP contribution is 2.43. The van der Waals surface area contributed by atoms with Crippen LogP contribution in [0.15, 0.2) is 72.9 Å². The molecule has 9 nitrogen and oxygen atoms in total. The summed E-state index contributed by atoms with van der Waals surface area (Å²) in [5, 5.41) is 0. The van der Waals surface area contributed by atoms with Gasteiger partial charge < -0.3 is 20.1 Å². The second-order valence-electron chi connectivity index (χ2n) is 12.8. The molecule has 3 N–H and O–H groups in total. The van der Waals surface area contributed by atoms with Gasteiger partial charge in [0, 0.05) is 19.4 Å². The zero-order valence-electron chi connectivity index (χ0n) is 32.5. The molecule has 0 saturated heterocycles. The molecule has 0 aromatic heterocycles. The van der Waals surface area contributed by atoms with Crippen molar-refractivity contribution in [1.82, 2.24) is 0 Å². The Morgan fingerprint density at radius 3 is 1.58 bits per heavy atom. The number of carbonyl (C=O) groups is 2. The number of unbranched alkanes of at least 4 members (excludes halogenated alkanes) is 11. The molecule has 0 bridgehead atoms. The molecule has 0 aliphatic heterocycles. The fraction of sp³-hybridized carbons (Fsp3) is 0.667. The molecule has 298 valence electrons. The fourth-order valence-electron chi connectivity index (χ4n) is 4.82. The summed E-state index contributed by atoms with van der Waals surface area (Å²) in [6.07, 6.45) is 45.0. The minimum Gasteiger partial charge on any atom is -0.462 e. The van der Waals surface area contributed by atoms with Crippen molar-refractivity contribution in [3.63, 3.8) is 0 Å². The Balaban J connectivity index is 4.31. The maximum Gasteiger partial charge on any atom is 0.472 e. The predicted molar refractivity (Wildman–Crippen MR) is 215 cm³/mol. The molecule has 0 amide bonds. The van der Waals surface area contributed by atoms with Crippen molar-refractivity contribution in [1.29, 1.82) is 0 Å². The van der Waals surface area contributed by atoms with Crippen LogP contribution in [-0.2, 0) is 32.7 Å². The summed E-state index contributed by atoms with van der Waals surface area (Å²) in [6, 6.07) is 0. The zero-order chi connectivity index (χ0) is 38.2. The smallest absolute Gasteiger partial charge is 0.462 e. The van der Waals surface area contributed by atoms with Crippen molar-refractivity contribution in [3.05, 3.63) is 72.9 Å². The third-order valence-corrected chi connectivity index (χ3v) is 8.78. The molecule has 0 aromatic carbocycles. The van der Waals surface area contributed by atoms with Crippen LogP contribution >= 0.6 is 7.82 Å². The van der Waals surface area contributed by atoms with E-state index in [2.05, 4.69) is 86.8 Å². The molecule has 0 fully saturated rings. The molecule has 0 saturated carbocycles. The summed E-state index contributed by atoms with van der Waals surface area (Å²) in [5.74, 6) is -0.890. The molecule has 0 spiro atoms. The highest BCUT2D eigenvalue weighted by molar-refractivity contribution is 7.47. The maximum atomic E-state index is 12.5. The third kappa shape index (κ3) is 37.2. The second-order valence-corrected chi connectivity index (χ2v) is 14.2. The maximum absolute atomic E-state index is 12.5. The minimum atomic E-state index is -4.39. The van der Waals surface area contributed by atoms with Crippen LogP contribution in [0.2, 0.25) is 0 Å². The standard InChI is InChI=1S/C42H72NO8P/c1-3-5-7-9-11-13-15-17-19-20-21-23-25-27-29-31-33-35-42(45)51-40(39-50-52(46,47)49-37-36-43)38-48-41(44)34-32-30-28-26-24-22-18-16-14-12-10-8-6-4-2/h7,9-10,12-13,15-16,18-20,23,25,40H,3-6,8,11,14,17,21-22,24,26-39,43H2,1-2H3,(H,46,47)/b9-7+,12-10+,15-13+,18-16+,20-19+,25-23+/t40-/m1/s1. The molecule has 10 heteroatoms. The van der Waals surface area contributed by atoms with Gasteiger partial charge in [-0.3, -0.25) is 18.6 Å². The second kappa shape index (κ2) is 38.2. The van der Waals surface area contributed by atoms with Crippen molar-refractivity contribution in [2.24, 2.45) is 5.73 Å². The van der Waals surface area contributed by atoms with Gasteiger partial charge in [0.2, 0.25) is 0 Å². The molecule has 0 aliphatic carbocycles. The van der Waals surface area contributed by atoms with Crippen LogP contribution in [0.1, 0.15) is 149 Å². The Hall–Kier alpha value is -2.55. The Morgan fingerprint density at radius 1 is 0.577 bits per heavy atom. The lowest BCUT2D eigenvalue weighted by Crippen LogP contribution is -2.29. The van der Waals surface area contributed by atoms with Gasteiger partial charge in [-0.2, -0.15) is 0 Å². The first kappa shape index (κ1) is 49.5. The van der Waals surface area contributed by atoms with Gasteiger partial charge in [-0.05, 0) is 77.0 Å². The van der Waals surface area contributed by atoms with Crippen LogP contribution in [0, 0.1) is 0 Å². The topological polar surface area (TPSA) is 134 Å². The SMILES string of the molecule is CCC/C=C/C/C=C/C/C=C/C/C=C/CCCCCC(=O)O[C@H](COC(=O)CCCCCCC/C=C/C/C=C/CCCC)COP(=O)(O)OCCN. The quantitative estimate of drug-likeness (QED) is 0.0278. The van der Waals surface area contributed by atoms with Gasteiger partial charge in [0.1, 0.15) is 6.61 Å². The van der Waals surface area contributed by atoms with E-state index >= 15 is 0 Å². The van der Waals surface area contributed by atoms with Crippen LogP contribution in [0.5, 0.6) is 0 Å². The van der Waals surface area contributed by atoms with Gasteiger partial charge in [-0.1, -0.05) is 132 Å². The lowest BCUT2D eigenvalue weighted by atomic mass is 10.1. The number of nitrogens with two attached hydrogens (primary N) is 1. The molecular weight excluding hydrogens is 677 g/mol. The number of allylic oxidation sites excluding steroid dienone is 12. The predicted octanol–water partition coefficient (Wildman–Crippen LogP) is 11.1. The molecular formula is C42H72NO8P. The number of phosphoric acid groups is 1. The fourth-order valence-corrected chi connectivity index (χ4v) is 5.58. The van der Waals surface area contributed by atoms with E-state index < -0.39 is 32.5 Å². The molecule has 1 unspecified atom stereocenters. The van der Waals surface area contributed by atoms with E-state index in [0.29, 0.717) is 12.8 Å². The van der Waals surface area contributed by atoms with Gasteiger partial charge in [0.25, 0.3) is 0 Å². The van der Waals surface area contributed by atoms with E-state index in [-0.39, 0.29) is 32.6 Å². The highest BCUT2D eigenvalue weighted by atomic mass is 31.2. The van der Waals surface area contributed by atoms with Gasteiger partial charge in [-0.15, -0.1) is 0 Å². The van der Waals surface area contributed by atoms with E-state index in [9.17, 15) is 19.0 Å². The molecule has 0 aliphatic rings. The lowest BCUT2D eigenvalue weighted by molar-refractivity contribution is -0.161. The minimum absolute atomic E-state index is 0.0421. The van der Waals surface area contributed by atoms with Gasteiger partial charge in [0.15, 0.2) is 6.10 Å². The zero-order valence-corrected chi connectivity index (χ0v) is 33.4. The number of esters is 2.